The number of thiophene rings is 1. The summed E-state index contributed by atoms with van der Waals surface area (Å²) in [7, 11) is 0. The first-order valence-corrected chi connectivity index (χ1v) is 8.20. The molecule has 0 unspecified atom stereocenters. The molecule has 0 saturated carbocycles. The van der Waals surface area contributed by atoms with Gasteiger partial charge in [-0.05, 0) is 36.1 Å². The van der Waals surface area contributed by atoms with Gasteiger partial charge in [0.15, 0.2) is 5.78 Å². The van der Waals surface area contributed by atoms with Crippen LogP contribution in [0.25, 0.3) is 0 Å². The molecule has 0 bridgehead atoms. The van der Waals surface area contributed by atoms with Crippen LogP contribution in [-0.2, 0) is 9.53 Å². The fourth-order valence-electron chi connectivity index (χ4n) is 1.91. The smallest absolute Gasteiger partial charge is 0.325 e. The normalized spacial score (nSPS) is 10.2. The van der Waals surface area contributed by atoms with Gasteiger partial charge in [-0.2, -0.15) is 0 Å². The molecule has 1 heterocycles. The summed E-state index contributed by atoms with van der Waals surface area (Å²) in [6, 6.07) is 8.71. The molecule has 0 atom stereocenters. The van der Waals surface area contributed by atoms with E-state index in [0.29, 0.717) is 17.7 Å². The number of ether oxygens (including phenoxy) is 1. The Kier molecular flexibility index (Phi) is 6.62. The molecule has 24 heavy (non-hydrogen) atoms. The third-order valence-electron chi connectivity index (χ3n) is 3.09. The number of carbonyl (C=O) groups is 3. The Bertz CT molecular complexity index is 715. The van der Waals surface area contributed by atoms with Gasteiger partial charge in [-0.1, -0.05) is 12.1 Å². The highest BCUT2D eigenvalue weighted by molar-refractivity contribution is 7.12. The first kappa shape index (κ1) is 17.8. The summed E-state index contributed by atoms with van der Waals surface area (Å²) in [4.78, 5) is 35.7. The molecule has 0 aliphatic heterocycles. The predicted octanol–water partition coefficient (Wildman–Crippen LogP) is 2.82. The van der Waals surface area contributed by atoms with Crippen molar-refractivity contribution < 1.29 is 23.5 Å². The van der Waals surface area contributed by atoms with Crippen molar-refractivity contribution in [3.63, 3.8) is 0 Å². The lowest BCUT2D eigenvalue weighted by Crippen LogP contribution is -2.30. The summed E-state index contributed by atoms with van der Waals surface area (Å²) in [5.41, 5.74) is 0.129. The molecule has 126 valence electrons. The zero-order valence-electron chi connectivity index (χ0n) is 12.8. The van der Waals surface area contributed by atoms with Gasteiger partial charge in [-0.25, -0.2) is 4.39 Å². The van der Waals surface area contributed by atoms with E-state index in [2.05, 4.69) is 5.32 Å². The number of hydrogen-bond donors (Lipinski definition) is 1. The van der Waals surface area contributed by atoms with Crippen LogP contribution in [-0.4, -0.2) is 30.8 Å². The second-order valence-corrected chi connectivity index (χ2v) is 5.87. The quantitative estimate of drug-likeness (QED) is 0.452. The minimum atomic E-state index is -0.608. The van der Waals surface area contributed by atoms with Crippen molar-refractivity contribution in [3.05, 3.63) is 58.0 Å². The maximum atomic E-state index is 13.0. The number of benzene rings is 1. The lowest BCUT2D eigenvalue weighted by Gasteiger charge is -2.06. The first-order valence-electron chi connectivity index (χ1n) is 7.32. The van der Waals surface area contributed by atoms with Gasteiger partial charge in [0, 0.05) is 12.0 Å². The van der Waals surface area contributed by atoms with Gasteiger partial charge in [-0.15, -0.1) is 11.3 Å². The standard InChI is InChI=1S/C17H16FNO4S/c18-13-5-1-4-12(10-13)17(22)19-11-16(21)23-8-2-6-14(20)15-7-3-9-24-15/h1,3-5,7,9-10H,2,6,8,11H2,(H,19,22). The van der Waals surface area contributed by atoms with Crippen LogP contribution in [0.5, 0.6) is 0 Å². The van der Waals surface area contributed by atoms with Crippen molar-refractivity contribution in [2.24, 2.45) is 0 Å². The van der Waals surface area contributed by atoms with Gasteiger partial charge in [-0.3, -0.25) is 14.4 Å². The Morgan fingerprint density at radius 2 is 2.00 bits per heavy atom. The zero-order valence-corrected chi connectivity index (χ0v) is 13.6. The minimum Gasteiger partial charge on any atom is -0.464 e. The average Bonchev–Trinajstić information content (AvgIpc) is 3.11. The molecule has 0 radical (unpaired) electrons. The van der Waals surface area contributed by atoms with E-state index >= 15 is 0 Å². The lowest BCUT2D eigenvalue weighted by molar-refractivity contribution is -0.142. The van der Waals surface area contributed by atoms with Crippen molar-refractivity contribution in [1.82, 2.24) is 5.32 Å². The Morgan fingerprint density at radius 1 is 1.17 bits per heavy atom. The number of rotatable bonds is 8. The van der Waals surface area contributed by atoms with E-state index in [1.165, 1.54) is 29.5 Å². The molecule has 2 rings (SSSR count). The number of hydrogen-bond acceptors (Lipinski definition) is 5. The summed E-state index contributed by atoms with van der Waals surface area (Å²) < 4.78 is 17.9. The molecule has 0 spiro atoms. The largest absolute Gasteiger partial charge is 0.464 e. The maximum absolute atomic E-state index is 13.0. The van der Waals surface area contributed by atoms with Crippen molar-refractivity contribution in [1.29, 1.82) is 0 Å². The summed E-state index contributed by atoms with van der Waals surface area (Å²) in [5.74, 6) is -1.68. The van der Waals surface area contributed by atoms with Crippen molar-refractivity contribution in [2.45, 2.75) is 12.8 Å². The molecule has 1 N–H and O–H groups in total. The number of halogens is 1. The summed E-state index contributed by atoms with van der Waals surface area (Å²) >= 11 is 1.37. The Balaban J connectivity index is 1.63. The Morgan fingerprint density at radius 3 is 2.71 bits per heavy atom. The Labute approximate surface area is 142 Å². The van der Waals surface area contributed by atoms with Gasteiger partial charge in [0.05, 0.1) is 11.5 Å². The molecule has 0 fully saturated rings. The number of esters is 1. The molecular formula is C17H16FNO4S. The van der Waals surface area contributed by atoms with Crippen LogP contribution >= 0.6 is 11.3 Å². The molecule has 1 aromatic heterocycles. The van der Waals surface area contributed by atoms with Crippen LogP contribution in [0.4, 0.5) is 4.39 Å². The van der Waals surface area contributed by atoms with E-state index in [1.807, 2.05) is 5.38 Å². The monoisotopic (exact) mass is 349 g/mol. The number of amides is 1. The fraction of sp³-hybridized carbons (Fsp3) is 0.235. The maximum Gasteiger partial charge on any atom is 0.325 e. The SMILES string of the molecule is O=C(CNC(=O)c1cccc(F)c1)OCCCC(=O)c1cccs1. The number of carbonyl (C=O) groups excluding carboxylic acids is 3. The van der Waals surface area contributed by atoms with Gasteiger partial charge in [0.25, 0.3) is 5.91 Å². The van der Waals surface area contributed by atoms with Crippen molar-refractivity contribution >= 4 is 29.0 Å². The average molecular weight is 349 g/mol. The highest BCUT2D eigenvalue weighted by atomic mass is 32.1. The van der Waals surface area contributed by atoms with Crippen molar-refractivity contribution in [2.75, 3.05) is 13.2 Å². The van der Waals surface area contributed by atoms with Crippen LogP contribution in [0, 0.1) is 5.82 Å². The molecule has 2 aromatic rings. The van der Waals surface area contributed by atoms with E-state index in [-0.39, 0.29) is 24.5 Å². The summed E-state index contributed by atoms with van der Waals surface area (Å²) in [6.45, 7) is -0.208. The summed E-state index contributed by atoms with van der Waals surface area (Å²) in [6.07, 6.45) is 0.712. The van der Waals surface area contributed by atoms with Gasteiger partial charge in [0.2, 0.25) is 0 Å². The van der Waals surface area contributed by atoms with E-state index in [9.17, 15) is 18.8 Å². The van der Waals surface area contributed by atoms with Crippen LogP contribution < -0.4 is 5.32 Å². The molecule has 0 saturated heterocycles. The number of ketones is 1. The number of Topliss-reactive ketones (excluding diaryl/α,β-unsaturated/α-hetero) is 1. The first-order chi connectivity index (χ1) is 11.6. The van der Waals surface area contributed by atoms with Crippen LogP contribution in [0.15, 0.2) is 41.8 Å². The molecule has 1 amide bonds. The third kappa shape index (κ3) is 5.58. The zero-order chi connectivity index (χ0) is 17.4. The molecule has 5 nitrogen and oxygen atoms in total. The van der Waals surface area contributed by atoms with Gasteiger partial charge in [0.1, 0.15) is 12.4 Å². The molecular weight excluding hydrogens is 333 g/mol. The highest BCUT2D eigenvalue weighted by Gasteiger charge is 2.10. The fourth-order valence-corrected chi connectivity index (χ4v) is 2.61. The van der Waals surface area contributed by atoms with Gasteiger partial charge < -0.3 is 10.1 Å². The van der Waals surface area contributed by atoms with Gasteiger partial charge >= 0.3 is 5.97 Å². The van der Waals surface area contributed by atoms with Crippen LogP contribution in [0.1, 0.15) is 32.9 Å². The topological polar surface area (TPSA) is 72.5 Å². The highest BCUT2D eigenvalue weighted by Crippen LogP contribution is 2.12. The van der Waals surface area contributed by atoms with E-state index in [1.54, 1.807) is 12.1 Å². The Hall–Kier alpha value is -2.54. The second-order valence-electron chi connectivity index (χ2n) is 4.92. The van der Waals surface area contributed by atoms with Crippen LogP contribution in [0.3, 0.4) is 0 Å². The second kappa shape index (κ2) is 8.93. The van der Waals surface area contributed by atoms with Crippen molar-refractivity contribution in [3.8, 4) is 0 Å². The summed E-state index contributed by atoms with van der Waals surface area (Å²) in [5, 5.41) is 4.18. The van der Waals surface area contributed by atoms with E-state index < -0.39 is 17.7 Å². The predicted molar refractivity (Wildman–Crippen MR) is 87.6 cm³/mol. The third-order valence-corrected chi connectivity index (χ3v) is 4.00. The number of nitrogens with one attached hydrogen (secondary N) is 1. The van der Waals surface area contributed by atoms with E-state index in [0.717, 1.165) is 6.07 Å². The minimum absolute atomic E-state index is 0.0143. The molecule has 0 aliphatic carbocycles. The van der Waals surface area contributed by atoms with E-state index in [4.69, 9.17) is 4.74 Å². The van der Waals surface area contributed by atoms with Crippen LogP contribution in [0.2, 0.25) is 0 Å². The molecule has 7 heteroatoms. The molecule has 0 aliphatic rings. The molecule has 1 aromatic carbocycles. The lowest BCUT2D eigenvalue weighted by atomic mass is 10.2.